The minimum atomic E-state index is -0.530. The van der Waals surface area contributed by atoms with E-state index >= 15 is 0 Å². The first-order chi connectivity index (χ1) is 11.7. The highest BCUT2D eigenvalue weighted by Crippen LogP contribution is 2.37. The molecule has 1 amide bonds. The Morgan fingerprint density at radius 1 is 1.27 bits per heavy atom. The van der Waals surface area contributed by atoms with Gasteiger partial charge in [-0.3, -0.25) is 4.79 Å². The molecule has 2 N–H and O–H groups in total. The first-order valence-electron chi connectivity index (χ1n) is 8.86. The lowest BCUT2D eigenvalue weighted by molar-refractivity contribution is 0.00578. The molecule has 1 atom stereocenters. The summed E-state index contributed by atoms with van der Waals surface area (Å²) in [5.74, 6) is -0.101. The molecule has 0 aromatic heterocycles. The molecular weight excluding hydrogens is 374 g/mol. The summed E-state index contributed by atoms with van der Waals surface area (Å²) in [6, 6.07) is 5.45. The monoisotopic (exact) mass is 400 g/mol. The Bertz CT molecular complexity index is 648. The molecule has 2 saturated heterocycles. The number of nitrogens with one attached hydrogen (secondary N) is 2. The van der Waals surface area contributed by atoms with Crippen molar-refractivity contribution in [3.05, 3.63) is 28.8 Å². The molecule has 144 valence electrons. The van der Waals surface area contributed by atoms with Crippen molar-refractivity contribution < 1.29 is 14.1 Å². The second kappa shape index (κ2) is 8.07. The van der Waals surface area contributed by atoms with Gasteiger partial charge in [-0.2, -0.15) is 0 Å². The maximum Gasteiger partial charge on any atom is 0.496 e. The topological polar surface area (TPSA) is 59.6 Å². The van der Waals surface area contributed by atoms with Crippen molar-refractivity contribution in [2.45, 2.75) is 57.8 Å². The molecule has 8 heteroatoms. The SMILES string of the molecule is CC1(C)OB(c2ccc(C(=O)NC3CCCNC3)cc2Cl)OC1(C)C.Cl. The van der Waals surface area contributed by atoms with E-state index in [9.17, 15) is 4.79 Å². The van der Waals surface area contributed by atoms with Crippen LogP contribution in [0.3, 0.4) is 0 Å². The predicted octanol–water partition coefficient (Wildman–Crippen LogP) is 2.54. The highest BCUT2D eigenvalue weighted by molar-refractivity contribution is 6.65. The highest BCUT2D eigenvalue weighted by Gasteiger charge is 2.52. The van der Waals surface area contributed by atoms with Crippen molar-refractivity contribution in [2.75, 3.05) is 13.1 Å². The number of carbonyl (C=O) groups is 1. The molecule has 5 nitrogen and oxygen atoms in total. The second-order valence-electron chi connectivity index (χ2n) is 7.84. The number of piperidine rings is 1. The van der Waals surface area contributed by atoms with Crippen LogP contribution < -0.4 is 16.1 Å². The van der Waals surface area contributed by atoms with Crippen LogP contribution >= 0.6 is 24.0 Å². The van der Waals surface area contributed by atoms with Crippen LogP contribution in [0.4, 0.5) is 0 Å². The first-order valence-corrected chi connectivity index (χ1v) is 9.24. The van der Waals surface area contributed by atoms with Gasteiger partial charge >= 0.3 is 7.12 Å². The summed E-state index contributed by atoms with van der Waals surface area (Å²) in [6.45, 7) is 9.83. The molecule has 2 aliphatic heterocycles. The van der Waals surface area contributed by atoms with Gasteiger partial charge in [0.25, 0.3) is 5.91 Å². The van der Waals surface area contributed by atoms with E-state index in [0.717, 1.165) is 31.4 Å². The van der Waals surface area contributed by atoms with E-state index in [1.54, 1.807) is 12.1 Å². The van der Waals surface area contributed by atoms with Crippen molar-refractivity contribution in [3.8, 4) is 0 Å². The average Bonchev–Trinajstić information content (AvgIpc) is 2.76. The smallest absolute Gasteiger partial charge is 0.399 e. The molecule has 1 aromatic carbocycles. The number of hydrogen-bond donors (Lipinski definition) is 2. The Morgan fingerprint density at radius 2 is 1.92 bits per heavy atom. The predicted molar refractivity (Wildman–Crippen MR) is 108 cm³/mol. The van der Waals surface area contributed by atoms with Gasteiger partial charge in [0, 0.05) is 28.6 Å². The van der Waals surface area contributed by atoms with E-state index in [1.807, 2.05) is 33.8 Å². The zero-order valence-electron chi connectivity index (χ0n) is 15.7. The van der Waals surface area contributed by atoms with Gasteiger partial charge in [0.15, 0.2) is 0 Å². The van der Waals surface area contributed by atoms with Crippen LogP contribution in [0.25, 0.3) is 0 Å². The Hall–Kier alpha value is -0.785. The lowest BCUT2D eigenvalue weighted by atomic mass is 9.78. The van der Waals surface area contributed by atoms with Crippen LogP contribution in [-0.2, 0) is 9.31 Å². The summed E-state index contributed by atoms with van der Waals surface area (Å²) in [6.07, 6.45) is 2.07. The normalized spacial score (nSPS) is 24.0. The molecule has 0 spiro atoms. The molecule has 26 heavy (non-hydrogen) atoms. The Kier molecular flexibility index (Phi) is 6.68. The molecule has 1 unspecified atom stereocenters. The maximum atomic E-state index is 12.4. The summed E-state index contributed by atoms with van der Waals surface area (Å²) >= 11 is 6.43. The van der Waals surface area contributed by atoms with Crippen LogP contribution in [0.1, 0.15) is 50.9 Å². The third-order valence-corrected chi connectivity index (χ3v) is 5.73. The molecule has 0 radical (unpaired) electrons. The van der Waals surface area contributed by atoms with E-state index in [0.29, 0.717) is 10.6 Å². The zero-order valence-corrected chi connectivity index (χ0v) is 17.3. The van der Waals surface area contributed by atoms with Gasteiger partial charge in [-0.15, -0.1) is 12.4 Å². The number of hydrogen-bond acceptors (Lipinski definition) is 4. The molecule has 3 rings (SSSR count). The van der Waals surface area contributed by atoms with Gasteiger partial charge in [0.05, 0.1) is 11.2 Å². The largest absolute Gasteiger partial charge is 0.496 e. The average molecular weight is 401 g/mol. The van der Waals surface area contributed by atoms with Gasteiger partial charge in [-0.25, -0.2) is 0 Å². The molecule has 0 saturated carbocycles. The third-order valence-electron chi connectivity index (χ3n) is 5.40. The van der Waals surface area contributed by atoms with Gasteiger partial charge < -0.3 is 19.9 Å². The number of amides is 1. The number of rotatable bonds is 3. The summed E-state index contributed by atoms with van der Waals surface area (Å²) < 4.78 is 12.1. The van der Waals surface area contributed by atoms with Gasteiger partial charge in [0.2, 0.25) is 0 Å². The molecule has 0 aliphatic carbocycles. The van der Waals surface area contributed by atoms with Crippen LogP contribution in [0.5, 0.6) is 0 Å². The third kappa shape index (κ3) is 4.37. The fourth-order valence-electron chi connectivity index (χ4n) is 3.07. The van der Waals surface area contributed by atoms with Crippen LogP contribution in [-0.4, -0.2) is 43.4 Å². The summed E-state index contributed by atoms with van der Waals surface area (Å²) in [5.41, 5.74) is 0.447. The molecule has 2 fully saturated rings. The quantitative estimate of drug-likeness (QED) is 0.765. The number of carbonyl (C=O) groups excluding carboxylic acids is 1. The Balaban J connectivity index is 0.00000243. The highest BCUT2D eigenvalue weighted by atomic mass is 35.5. The Morgan fingerprint density at radius 3 is 2.46 bits per heavy atom. The minimum Gasteiger partial charge on any atom is -0.399 e. The molecular formula is C18H27BCl2N2O3. The van der Waals surface area contributed by atoms with E-state index in [4.69, 9.17) is 20.9 Å². The van der Waals surface area contributed by atoms with Crippen molar-refractivity contribution in [2.24, 2.45) is 0 Å². The summed E-state index contributed by atoms with van der Waals surface area (Å²) in [4.78, 5) is 12.4. The van der Waals surface area contributed by atoms with Crippen molar-refractivity contribution in [3.63, 3.8) is 0 Å². The molecule has 0 bridgehead atoms. The van der Waals surface area contributed by atoms with E-state index < -0.39 is 18.3 Å². The zero-order chi connectivity index (χ0) is 18.2. The van der Waals surface area contributed by atoms with Crippen molar-refractivity contribution in [1.82, 2.24) is 10.6 Å². The Labute approximate surface area is 167 Å². The van der Waals surface area contributed by atoms with Crippen molar-refractivity contribution in [1.29, 1.82) is 0 Å². The number of benzene rings is 1. The van der Waals surface area contributed by atoms with E-state index in [2.05, 4.69) is 10.6 Å². The second-order valence-corrected chi connectivity index (χ2v) is 8.25. The fraction of sp³-hybridized carbons (Fsp3) is 0.611. The molecule has 1 aromatic rings. The fourth-order valence-corrected chi connectivity index (χ4v) is 3.34. The van der Waals surface area contributed by atoms with Crippen LogP contribution in [0.15, 0.2) is 18.2 Å². The first kappa shape index (κ1) is 21.5. The lowest BCUT2D eigenvalue weighted by Gasteiger charge is -2.32. The minimum absolute atomic E-state index is 0. The maximum absolute atomic E-state index is 12.4. The van der Waals surface area contributed by atoms with Crippen LogP contribution in [0.2, 0.25) is 5.02 Å². The van der Waals surface area contributed by atoms with E-state index in [1.165, 1.54) is 0 Å². The molecule has 2 aliphatic rings. The van der Waals surface area contributed by atoms with Gasteiger partial charge in [-0.1, -0.05) is 17.7 Å². The van der Waals surface area contributed by atoms with Gasteiger partial charge in [-0.05, 0) is 59.2 Å². The van der Waals surface area contributed by atoms with Crippen molar-refractivity contribution >= 4 is 42.5 Å². The van der Waals surface area contributed by atoms with Crippen LogP contribution in [0, 0.1) is 0 Å². The standard InChI is InChI=1S/C18H26BClN2O3.ClH/c1-17(2)18(3,4)25-19(24-17)14-8-7-12(10-15(14)20)16(23)22-13-6-5-9-21-11-13;/h7-8,10,13,21H,5-6,9,11H2,1-4H3,(H,22,23);1H. The lowest BCUT2D eigenvalue weighted by Crippen LogP contribution is -2.45. The van der Waals surface area contributed by atoms with Gasteiger partial charge in [0.1, 0.15) is 0 Å². The summed E-state index contributed by atoms with van der Waals surface area (Å²) in [7, 11) is -0.530. The van der Waals surface area contributed by atoms with E-state index in [-0.39, 0.29) is 24.4 Å². The molecule has 2 heterocycles. The number of halogens is 2. The summed E-state index contributed by atoms with van der Waals surface area (Å²) in [5, 5.41) is 6.83.